The zero-order valence-electron chi connectivity index (χ0n) is 40.5. The molecule has 0 spiro atoms. The maximum Gasteiger partial charge on any atom is 0.282 e. The summed E-state index contributed by atoms with van der Waals surface area (Å²) in [6.07, 6.45) is 3.64. The lowest BCUT2D eigenvalue weighted by Gasteiger charge is -2.39. The summed E-state index contributed by atoms with van der Waals surface area (Å²) in [6.45, 7) is 17.8. The largest absolute Gasteiger partial charge is 0.391 e. The molecule has 4 aliphatic heterocycles. The summed E-state index contributed by atoms with van der Waals surface area (Å²) in [5.74, 6) is 1.000. The van der Waals surface area contributed by atoms with Crippen LogP contribution < -0.4 is 10.9 Å². The molecule has 0 aliphatic carbocycles. The van der Waals surface area contributed by atoms with Gasteiger partial charge in [-0.1, -0.05) is 73.1 Å². The fourth-order valence-corrected chi connectivity index (χ4v) is 12.9. The van der Waals surface area contributed by atoms with E-state index in [1.807, 2.05) is 45.3 Å². The van der Waals surface area contributed by atoms with Crippen molar-refractivity contribution in [3.63, 3.8) is 0 Å². The number of nitrogens with zero attached hydrogens (tertiary/aromatic N) is 7. The monoisotopic (exact) mass is 970 g/mol. The predicted molar refractivity (Wildman–Crippen MR) is 270 cm³/mol. The molecule has 4 aliphatic rings. The molecular weight excluding hydrogens is 908 g/mol. The van der Waals surface area contributed by atoms with Gasteiger partial charge in [-0.25, -0.2) is 4.98 Å². The topological polar surface area (TPSA) is 150 Å². The van der Waals surface area contributed by atoms with Gasteiger partial charge in [-0.05, 0) is 138 Å². The summed E-state index contributed by atoms with van der Waals surface area (Å²) in [4.78, 5) is 58.9. The van der Waals surface area contributed by atoms with Crippen LogP contribution >= 0.6 is 22.9 Å². The Morgan fingerprint density at radius 3 is 2.38 bits per heavy atom. The highest BCUT2D eigenvalue weighted by atomic mass is 35.5. The quantitative estimate of drug-likeness (QED) is 0.122. The van der Waals surface area contributed by atoms with Crippen LogP contribution in [0.5, 0.6) is 0 Å². The molecule has 2 amide bonds. The lowest BCUT2D eigenvalue weighted by Crippen LogP contribution is -2.50. The summed E-state index contributed by atoms with van der Waals surface area (Å²) in [6, 6.07) is 21.3. The van der Waals surface area contributed by atoms with Gasteiger partial charge in [0.15, 0.2) is 0 Å². The van der Waals surface area contributed by atoms with Gasteiger partial charge in [0.25, 0.3) is 5.56 Å². The molecule has 0 bridgehead atoms. The highest BCUT2D eigenvalue weighted by molar-refractivity contribution is 7.13. The minimum atomic E-state index is -0.817. The van der Waals surface area contributed by atoms with Crippen molar-refractivity contribution >= 4 is 45.7 Å². The van der Waals surface area contributed by atoms with Crippen molar-refractivity contribution in [1.82, 2.24) is 39.7 Å². The van der Waals surface area contributed by atoms with Crippen molar-refractivity contribution in [2.24, 2.45) is 11.8 Å². The molecule has 10 rings (SSSR count). The Balaban J connectivity index is 0.796. The van der Waals surface area contributed by atoms with E-state index in [0.717, 1.165) is 97.1 Å². The van der Waals surface area contributed by atoms with Gasteiger partial charge in [0, 0.05) is 32.1 Å². The van der Waals surface area contributed by atoms with E-state index >= 15 is 0 Å². The summed E-state index contributed by atoms with van der Waals surface area (Å²) < 4.78 is 7.73. The van der Waals surface area contributed by atoms with Crippen LogP contribution in [0.1, 0.15) is 117 Å². The number of aryl methyl sites for hydroxylation is 2. The number of benzene rings is 3. The Labute approximate surface area is 412 Å². The summed E-state index contributed by atoms with van der Waals surface area (Å²) in [5.41, 5.74) is 9.42. The second kappa shape index (κ2) is 19.2. The van der Waals surface area contributed by atoms with Crippen LogP contribution in [-0.4, -0.2) is 109 Å². The molecule has 0 radical (unpaired) electrons. The number of rotatable bonds is 12. The number of fused-ring (bicyclic) bond motifs is 5. The molecule has 6 aromatic rings. The van der Waals surface area contributed by atoms with Gasteiger partial charge in [0.1, 0.15) is 23.5 Å². The van der Waals surface area contributed by atoms with E-state index in [4.69, 9.17) is 16.1 Å². The third kappa shape index (κ3) is 9.07. The molecule has 3 saturated heterocycles. The number of hydrogen-bond donors (Lipinski definition) is 2. The molecule has 15 heteroatoms. The number of carbonyl (C=O) groups is 2. The molecule has 4 atom stereocenters. The van der Waals surface area contributed by atoms with Crippen LogP contribution in [0.3, 0.4) is 0 Å². The number of hydrogen-bond acceptors (Lipinski definition) is 11. The van der Waals surface area contributed by atoms with Gasteiger partial charge < -0.3 is 29.6 Å². The highest BCUT2D eigenvalue weighted by Crippen LogP contribution is 2.48. The molecule has 362 valence electrons. The SMILES string of the molecule is Cc1cc(C(C(=O)N2C[C@H](O)C[C@H]2C(=O)N[C@@H](CN2CCC(CN3CCC(c4cccc5c4C(C)(C)c4nc(=O)c6c(Cl)cccc6n4-5)CC3)CC2)c2ccc(-c3scnc3C)cc2)C(C)C)on1. The van der Waals surface area contributed by atoms with Gasteiger partial charge in [-0.3, -0.25) is 19.0 Å². The smallest absolute Gasteiger partial charge is 0.282 e. The Kier molecular flexibility index (Phi) is 13.2. The van der Waals surface area contributed by atoms with E-state index in [-0.39, 0.29) is 42.3 Å². The minimum Gasteiger partial charge on any atom is -0.391 e. The van der Waals surface area contributed by atoms with Crippen molar-refractivity contribution < 1.29 is 19.2 Å². The Bertz CT molecular complexity index is 2930. The van der Waals surface area contributed by atoms with Crippen LogP contribution in [-0.2, 0) is 15.0 Å². The van der Waals surface area contributed by atoms with Gasteiger partial charge >= 0.3 is 0 Å². The number of amides is 2. The van der Waals surface area contributed by atoms with Crippen LogP contribution in [0.4, 0.5) is 0 Å². The number of β-amino-alcohol motifs (C(OH)–C–C–N with tert-alkyl or cyclic N) is 1. The van der Waals surface area contributed by atoms with Gasteiger partial charge in [-0.2, -0.15) is 4.98 Å². The average Bonchev–Trinajstić information content (AvgIpc) is 4.12. The molecule has 1 unspecified atom stereocenters. The first-order valence-electron chi connectivity index (χ1n) is 24.7. The number of carbonyl (C=O) groups excluding carboxylic acids is 2. The zero-order valence-corrected chi connectivity index (χ0v) is 42.0. The summed E-state index contributed by atoms with van der Waals surface area (Å²) >= 11 is 8.17. The van der Waals surface area contributed by atoms with Crippen LogP contribution in [0, 0.1) is 25.7 Å². The second-order valence-electron chi connectivity index (χ2n) is 20.8. The molecule has 3 aromatic heterocycles. The van der Waals surface area contributed by atoms with Crippen molar-refractivity contribution in [2.45, 2.75) is 109 Å². The van der Waals surface area contributed by atoms with E-state index in [0.29, 0.717) is 40.2 Å². The number of halogens is 1. The first kappa shape index (κ1) is 47.4. The molecule has 3 aromatic carbocycles. The Morgan fingerprint density at radius 2 is 1.70 bits per heavy atom. The Morgan fingerprint density at radius 1 is 0.971 bits per heavy atom. The molecule has 13 nitrogen and oxygen atoms in total. The predicted octanol–water partition coefficient (Wildman–Crippen LogP) is 8.56. The summed E-state index contributed by atoms with van der Waals surface area (Å²) in [7, 11) is 0. The first-order valence-corrected chi connectivity index (χ1v) is 25.9. The number of nitrogens with one attached hydrogen (secondary N) is 1. The van der Waals surface area contributed by atoms with Crippen molar-refractivity contribution in [2.75, 3.05) is 45.8 Å². The van der Waals surface area contributed by atoms with E-state index < -0.39 is 23.5 Å². The van der Waals surface area contributed by atoms with Crippen LogP contribution in [0.2, 0.25) is 5.02 Å². The van der Waals surface area contributed by atoms with Gasteiger partial charge in [-0.15, -0.1) is 11.3 Å². The summed E-state index contributed by atoms with van der Waals surface area (Å²) in [5, 5.41) is 19.2. The van der Waals surface area contributed by atoms with E-state index in [1.165, 1.54) is 11.1 Å². The molecule has 3 fully saturated rings. The standard InChI is InChI=1S/C54H63ClN8O5S/c1-31(2)46(45-25-32(3)59-68-45)52(67)62-28-38(64)26-44(62)50(65)57-41(36-13-15-37(16-14-36)49-33(4)56-30-69-49)29-61-21-17-34(18-22-61)27-60-23-19-35(20-24-60)39-9-7-12-43-48(39)54(5,6)53-58-51(66)47-40(55)10-8-11-42(47)63(43)53/h7-16,25,30-31,34-35,38,41,44,46,64H,17-24,26-29H2,1-6H3,(H,57,65)/t38-,41+,44+,46?/m1/s1. The first-order chi connectivity index (χ1) is 33.2. The number of aromatic nitrogens is 4. The third-order valence-electron chi connectivity index (χ3n) is 15.4. The molecular formula is C54H63ClN8O5S. The fraction of sp³-hybridized carbons (Fsp3) is 0.481. The fourth-order valence-electron chi connectivity index (χ4n) is 11.9. The van der Waals surface area contributed by atoms with Crippen molar-refractivity contribution in [1.29, 1.82) is 0 Å². The number of likely N-dealkylation sites (tertiary alicyclic amines) is 3. The number of thiazole rings is 1. The Hall–Kier alpha value is -5.25. The van der Waals surface area contributed by atoms with Gasteiger partial charge in [0.05, 0.1) is 60.9 Å². The van der Waals surface area contributed by atoms with E-state index in [9.17, 15) is 19.5 Å². The average molecular weight is 972 g/mol. The van der Waals surface area contributed by atoms with Gasteiger partial charge in [0.2, 0.25) is 11.8 Å². The minimum absolute atomic E-state index is 0.0853. The molecule has 7 heterocycles. The number of aliphatic hydroxyl groups excluding tert-OH is 1. The number of piperidine rings is 2. The zero-order chi connectivity index (χ0) is 48.3. The van der Waals surface area contributed by atoms with Crippen molar-refractivity contribution in [3.8, 4) is 16.1 Å². The maximum atomic E-state index is 14.5. The van der Waals surface area contributed by atoms with Crippen LogP contribution in [0.15, 0.2) is 81.6 Å². The maximum absolute atomic E-state index is 14.5. The normalized spacial score (nSPS) is 20.9. The number of aliphatic hydroxyl groups is 1. The van der Waals surface area contributed by atoms with Crippen LogP contribution in [0.25, 0.3) is 27.0 Å². The molecule has 2 N–H and O–H groups in total. The van der Waals surface area contributed by atoms with E-state index in [2.05, 4.69) is 91.1 Å². The molecule has 69 heavy (non-hydrogen) atoms. The second-order valence-corrected chi connectivity index (χ2v) is 22.1. The van der Waals surface area contributed by atoms with E-state index in [1.54, 1.807) is 28.4 Å². The lowest BCUT2D eigenvalue weighted by molar-refractivity contribution is -0.141. The lowest BCUT2D eigenvalue weighted by atomic mass is 9.76. The highest BCUT2D eigenvalue weighted by Gasteiger charge is 2.45. The van der Waals surface area contributed by atoms with Crippen molar-refractivity contribution in [3.05, 3.63) is 127 Å². The molecule has 0 saturated carbocycles. The third-order valence-corrected chi connectivity index (χ3v) is 16.7.